The van der Waals surface area contributed by atoms with Crippen molar-refractivity contribution in [2.75, 3.05) is 10.8 Å². The summed E-state index contributed by atoms with van der Waals surface area (Å²) in [6.07, 6.45) is 3.89. The number of nitrogens with one attached hydrogen (secondary N) is 1. The molecule has 0 bridgehead atoms. The first kappa shape index (κ1) is 31.3. The zero-order valence-electron chi connectivity index (χ0n) is 22.8. The van der Waals surface area contributed by atoms with Gasteiger partial charge in [0, 0.05) is 22.1 Å². The first-order valence-corrected chi connectivity index (χ1v) is 16.3. The topological polar surface area (TPSA) is 86.8 Å². The number of carbonyl (C=O) groups is 2. The molecule has 1 unspecified atom stereocenters. The zero-order chi connectivity index (χ0) is 29.7. The average molecular weight is 681 g/mol. The van der Waals surface area contributed by atoms with Crippen LogP contribution in [0.1, 0.15) is 43.7 Å². The second-order valence-corrected chi connectivity index (χ2v) is 13.9. The SMILES string of the molecule is Cc1ccc(S(=O)(=O)N(CC(=O)N(Cc2ccc(Br)cc2)C(C)C(=O)NC2CCCC2)c2cc(Cl)ccc2Cl)cc1. The molecule has 11 heteroatoms. The van der Waals surface area contributed by atoms with E-state index in [0.717, 1.165) is 45.6 Å². The fourth-order valence-electron chi connectivity index (χ4n) is 4.79. The van der Waals surface area contributed by atoms with E-state index < -0.39 is 28.5 Å². The Morgan fingerprint density at radius 1 is 1.00 bits per heavy atom. The Bertz CT molecular complexity index is 1500. The van der Waals surface area contributed by atoms with Gasteiger partial charge >= 0.3 is 0 Å². The van der Waals surface area contributed by atoms with Crippen LogP contribution in [0, 0.1) is 6.92 Å². The third kappa shape index (κ3) is 7.83. The van der Waals surface area contributed by atoms with Crippen molar-refractivity contribution in [3.8, 4) is 0 Å². The predicted molar refractivity (Wildman–Crippen MR) is 167 cm³/mol. The van der Waals surface area contributed by atoms with E-state index in [4.69, 9.17) is 23.2 Å². The molecule has 0 heterocycles. The summed E-state index contributed by atoms with van der Waals surface area (Å²) in [6, 6.07) is 17.4. The molecule has 0 saturated heterocycles. The number of hydrogen-bond acceptors (Lipinski definition) is 4. The number of nitrogens with zero attached hydrogens (tertiary/aromatic N) is 2. The second-order valence-electron chi connectivity index (χ2n) is 10.2. The van der Waals surface area contributed by atoms with Gasteiger partial charge in [0.2, 0.25) is 11.8 Å². The lowest BCUT2D eigenvalue weighted by atomic mass is 10.1. The molecule has 0 aromatic heterocycles. The Labute approximate surface area is 260 Å². The quantitative estimate of drug-likeness (QED) is 0.257. The number of sulfonamides is 1. The van der Waals surface area contributed by atoms with Crippen LogP contribution in [-0.4, -0.2) is 43.8 Å². The minimum absolute atomic E-state index is 0.00146. The van der Waals surface area contributed by atoms with Crippen LogP contribution in [0.2, 0.25) is 10.0 Å². The second kappa shape index (κ2) is 13.6. The van der Waals surface area contributed by atoms with Crippen LogP contribution in [0.25, 0.3) is 0 Å². The summed E-state index contributed by atoms with van der Waals surface area (Å²) in [7, 11) is -4.25. The molecule has 3 aromatic carbocycles. The van der Waals surface area contributed by atoms with Gasteiger partial charge in [-0.05, 0) is 74.7 Å². The van der Waals surface area contributed by atoms with Gasteiger partial charge in [-0.25, -0.2) is 8.42 Å². The molecule has 1 aliphatic carbocycles. The van der Waals surface area contributed by atoms with Crippen molar-refractivity contribution in [1.29, 1.82) is 0 Å². The molecule has 2 amide bonds. The van der Waals surface area contributed by atoms with Gasteiger partial charge in [0.1, 0.15) is 12.6 Å². The number of benzene rings is 3. The van der Waals surface area contributed by atoms with Gasteiger partial charge in [-0.1, -0.05) is 81.8 Å². The van der Waals surface area contributed by atoms with Crippen LogP contribution < -0.4 is 9.62 Å². The largest absolute Gasteiger partial charge is 0.352 e. The number of rotatable bonds is 10. The van der Waals surface area contributed by atoms with Gasteiger partial charge in [0.05, 0.1) is 15.6 Å². The summed E-state index contributed by atoms with van der Waals surface area (Å²) >= 11 is 16.1. The summed E-state index contributed by atoms with van der Waals surface area (Å²) in [4.78, 5) is 28.8. The lowest BCUT2D eigenvalue weighted by molar-refractivity contribution is -0.139. The van der Waals surface area contributed by atoms with Crippen molar-refractivity contribution in [2.45, 2.75) is 63.1 Å². The van der Waals surface area contributed by atoms with E-state index in [1.807, 2.05) is 31.2 Å². The molecular formula is C30H32BrCl2N3O4S. The third-order valence-corrected chi connectivity index (χ3v) is 10.1. The number of hydrogen-bond donors (Lipinski definition) is 1. The Hall–Kier alpha value is -2.59. The molecule has 0 spiro atoms. The van der Waals surface area contributed by atoms with E-state index in [2.05, 4.69) is 21.2 Å². The highest BCUT2D eigenvalue weighted by Crippen LogP contribution is 2.33. The van der Waals surface area contributed by atoms with E-state index >= 15 is 0 Å². The smallest absolute Gasteiger partial charge is 0.264 e. The first-order valence-electron chi connectivity index (χ1n) is 13.3. The van der Waals surface area contributed by atoms with Gasteiger partial charge in [0.15, 0.2) is 0 Å². The number of halogens is 3. The highest BCUT2D eigenvalue weighted by molar-refractivity contribution is 9.10. The van der Waals surface area contributed by atoms with Crippen LogP contribution in [0.3, 0.4) is 0 Å². The van der Waals surface area contributed by atoms with Gasteiger partial charge in [-0.3, -0.25) is 13.9 Å². The van der Waals surface area contributed by atoms with Crippen molar-refractivity contribution < 1.29 is 18.0 Å². The molecule has 1 saturated carbocycles. The van der Waals surface area contributed by atoms with Crippen molar-refractivity contribution in [1.82, 2.24) is 10.2 Å². The maximum atomic E-state index is 14.1. The standard InChI is InChI=1S/C30H32BrCl2N3O4S/c1-20-7-14-26(15-8-20)41(39,40)36(28-17-24(32)13-16-27(28)33)19-29(37)35(18-22-9-11-23(31)12-10-22)21(2)30(38)34-25-5-3-4-6-25/h7-17,21,25H,3-6,18-19H2,1-2H3,(H,34,38). The maximum Gasteiger partial charge on any atom is 0.264 e. The molecule has 7 nitrogen and oxygen atoms in total. The van der Waals surface area contributed by atoms with E-state index in [1.54, 1.807) is 25.1 Å². The number of anilines is 1. The van der Waals surface area contributed by atoms with E-state index in [0.29, 0.717) is 0 Å². The maximum absolute atomic E-state index is 14.1. The number of aryl methyl sites for hydroxylation is 1. The van der Waals surface area contributed by atoms with Crippen molar-refractivity contribution in [3.63, 3.8) is 0 Å². The number of amides is 2. The van der Waals surface area contributed by atoms with Crippen LogP contribution in [0.4, 0.5) is 5.69 Å². The van der Waals surface area contributed by atoms with Crippen molar-refractivity contribution in [2.24, 2.45) is 0 Å². The van der Waals surface area contributed by atoms with Crippen LogP contribution in [0.15, 0.2) is 76.1 Å². The first-order chi connectivity index (χ1) is 19.5. The van der Waals surface area contributed by atoms with Gasteiger partial charge in [0.25, 0.3) is 10.0 Å². The Morgan fingerprint density at radius 2 is 1.63 bits per heavy atom. The van der Waals surface area contributed by atoms with E-state index in [-0.39, 0.29) is 39.1 Å². The van der Waals surface area contributed by atoms with Gasteiger partial charge in [-0.2, -0.15) is 0 Å². The van der Waals surface area contributed by atoms with Crippen molar-refractivity contribution in [3.05, 3.63) is 92.4 Å². The fourth-order valence-corrected chi connectivity index (χ4v) is 6.91. The summed E-state index contributed by atoms with van der Waals surface area (Å²) < 4.78 is 29.8. The molecule has 4 rings (SSSR count). The number of carbonyl (C=O) groups excluding carboxylic acids is 2. The van der Waals surface area contributed by atoms with E-state index in [9.17, 15) is 18.0 Å². The summed E-state index contributed by atoms with van der Waals surface area (Å²) in [5.41, 5.74) is 1.74. The molecule has 1 N–H and O–H groups in total. The average Bonchev–Trinajstić information content (AvgIpc) is 3.45. The highest BCUT2D eigenvalue weighted by atomic mass is 79.9. The molecule has 1 aliphatic rings. The molecule has 218 valence electrons. The molecule has 0 aliphatic heterocycles. The molecule has 0 radical (unpaired) electrons. The summed E-state index contributed by atoms with van der Waals surface area (Å²) in [6.45, 7) is 3.02. The lowest BCUT2D eigenvalue weighted by Crippen LogP contribution is -2.52. The minimum atomic E-state index is -4.25. The van der Waals surface area contributed by atoms with Crippen molar-refractivity contribution >= 4 is 66.7 Å². The Kier molecular flexibility index (Phi) is 10.4. The van der Waals surface area contributed by atoms with Gasteiger partial charge < -0.3 is 10.2 Å². The van der Waals surface area contributed by atoms with E-state index in [1.165, 1.54) is 29.2 Å². The normalized spacial score (nSPS) is 14.5. The molecule has 3 aromatic rings. The third-order valence-electron chi connectivity index (χ3n) is 7.20. The highest BCUT2D eigenvalue weighted by Gasteiger charge is 2.34. The molecule has 1 atom stereocenters. The summed E-state index contributed by atoms with van der Waals surface area (Å²) in [5, 5.41) is 3.44. The summed E-state index contributed by atoms with van der Waals surface area (Å²) in [5.74, 6) is -0.843. The lowest BCUT2D eigenvalue weighted by Gasteiger charge is -2.32. The molecule has 1 fully saturated rings. The molecule has 41 heavy (non-hydrogen) atoms. The monoisotopic (exact) mass is 679 g/mol. The Morgan fingerprint density at radius 3 is 2.27 bits per heavy atom. The van der Waals surface area contributed by atoms with Gasteiger partial charge in [-0.15, -0.1) is 0 Å². The minimum Gasteiger partial charge on any atom is -0.352 e. The zero-order valence-corrected chi connectivity index (χ0v) is 26.7. The van der Waals surface area contributed by atoms with Crippen LogP contribution >= 0.6 is 39.1 Å². The predicted octanol–water partition coefficient (Wildman–Crippen LogP) is 6.74. The van der Waals surface area contributed by atoms with Crippen LogP contribution in [-0.2, 0) is 26.2 Å². The van der Waals surface area contributed by atoms with Crippen LogP contribution in [0.5, 0.6) is 0 Å². The fraction of sp³-hybridized carbons (Fsp3) is 0.333. The molecular weight excluding hydrogens is 649 g/mol. The Balaban J connectivity index is 1.71.